The van der Waals surface area contributed by atoms with Crippen molar-refractivity contribution in [1.82, 2.24) is 10.3 Å². The van der Waals surface area contributed by atoms with Gasteiger partial charge in [-0.25, -0.2) is 0 Å². The SMILES string of the molecule is CSC(C)CCNC(=O)c1ccc(/C(N)=N/O)cn1. The van der Waals surface area contributed by atoms with Crippen molar-refractivity contribution in [3.63, 3.8) is 0 Å². The molecule has 1 unspecified atom stereocenters. The molecule has 0 aliphatic heterocycles. The third-order valence-corrected chi connectivity index (χ3v) is 3.68. The average molecular weight is 282 g/mol. The number of nitrogens with zero attached hydrogens (tertiary/aromatic N) is 2. The second-order valence-corrected chi connectivity index (χ2v) is 5.28. The molecule has 1 heterocycles. The summed E-state index contributed by atoms with van der Waals surface area (Å²) >= 11 is 1.76. The summed E-state index contributed by atoms with van der Waals surface area (Å²) in [4.78, 5) is 15.8. The van der Waals surface area contributed by atoms with Gasteiger partial charge in [-0.2, -0.15) is 11.8 Å². The molecule has 0 saturated carbocycles. The first kappa shape index (κ1) is 15.3. The largest absolute Gasteiger partial charge is 0.409 e. The topological polar surface area (TPSA) is 101 Å². The number of amidine groups is 1. The molecule has 1 aromatic heterocycles. The first-order valence-electron chi connectivity index (χ1n) is 5.83. The van der Waals surface area contributed by atoms with Crippen molar-refractivity contribution in [2.75, 3.05) is 12.8 Å². The van der Waals surface area contributed by atoms with Crippen LogP contribution >= 0.6 is 11.8 Å². The molecule has 0 aliphatic rings. The van der Waals surface area contributed by atoms with Gasteiger partial charge in [-0.05, 0) is 24.8 Å². The van der Waals surface area contributed by atoms with Crippen LogP contribution in [0.5, 0.6) is 0 Å². The lowest BCUT2D eigenvalue weighted by atomic mass is 10.2. The summed E-state index contributed by atoms with van der Waals surface area (Å²) in [5.74, 6) is -0.257. The molecule has 1 rings (SSSR count). The lowest BCUT2D eigenvalue weighted by Gasteiger charge is -2.09. The maximum atomic E-state index is 11.8. The van der Waals surface area contributed by atoms with Crippen molar-refractivity contribution in [2.45, 2.75) is 18.6 Å². The summed E-state index contributed by atoms with van der Waals surface area (Å²) in [6, 6.07) is 3.13. The maximum Gasteiger partial charge on any atom is 0.269 e. The Morgan fingerprint density at radius 2 is 2.37 bits per heavy atom. The standard InChI is InChI=1S/C12H18N4O2S/c1-8(19-2)5-6-14-12(17)10-4-3-9(7-15-10)11(13)16-18/h3-4,7-8,18H,5-6H2,1-2H3,(H2,13,16)(H,14,17). The maximum absolute atomic E-state index is 11.8. The van der Waals surface area contributed by atoms with Crippen molar-refractivity contribution in [1.29, 1.82) is 0 Å². The Labute approximate surface area is 116 Å². The van der Waals surface area contributed by atoms with Crippen LogP contribution in [0.15, 0.2) is 23.5 Å². The van der Waals surface area contributed by atoms with E-state index in [-0.39, 0.29) is 11.7 Å². The van der Waals surface area contributed by atoms with E-state index in [2.05, 4.69) is 22.4 Å². The van der Waals surface area contributed by atoms with Crippen molar-refractivity contribution in [3.05, 3.63) is 29.6 Å². The molecular weight excluding hydrogens is 264 g/mol. The van der Waals surface area contributed by atoms with Gasteiger partial charge in [0.15, 0.2) is 5.84 Å². The first-order valence-corrected chi connectivity index (χ1v) is 7.12. The van der Waals surface area contributed by atoms with Crippen molar-refractivity contribution < 1.29 is 10.0 Å². The minimum atomic E-state index is -0.223. The van der Waals surface area contributed by atoms with Crippen LogP contribution in [0.1, 0.15) is 29.4 Å². The summed E-state index contributed by atoms with van der Waals surface area (Å²) in [5.41, 5.74) is 6.19. The Bertz CT molecular complexity index is 448. The molecule has 0 fully saturated rings. The third kappa shape index (κ3) is 4.78. The van der Waals surface area contributed by atoms with E-state index >= 15 is 0 Å². The van der Waals surface area contributed by atoms with Gasteiger partial charge < -0.3 is 16.3 Å². The molecule has 0 aliphatic carbocycles. The van der Waals surface area contributed by atoms with Crippen LogP contribution in [0.4, 0.5) is 0 Å². The highest BCUT2D eigenvalue weighted by atomic mass is 32.2. The molecule has 7 heteroatoms. The number of aromatic nitrogens is 1. The number of hydrogen-bond donors (Lipinski definition) is 3. The number of hydrogen-bond acceptors (Lipinski definition) is 5. The van der Waals surface area contributed by atoms with E-state index in [1.54, 1.807) is 23.9 Å². The zero-order valence-electron chi connectivity index (χ0n) is 11.0. The highest BCUT2D eigenvalue weighted by Gasteiger charge is 2.08. The summed E-state index contributed by atoms with van der Waals surface area (Å²) < 4.78 is 0. The molecular formula is C12H18N4O2S. The van der Waals surface area contributed by atoms with E-state index in [0.29, 0.717) is 23.1 Å². The summed E-state index contributed by atoms with van der Waals surface area (Å²) in [7, 11) is 0. The molecule has 0 saturated heterocycles. The lowest BCUT2D eigenvalue weighted by Crippen LogP contribution is -2.27. The lowest BCUT2D eigenvalue weighted by molar-refractivity contribution is 0.0948. The number of carbonyl (C=O) groups is 1. The minimum Gasteiger partial charge on any atom is -0.409 e. The Hall–Kier alpha value is -1.76. The minimum absolute atomic E-state index is 0.0340. The highest BCUT2D eigenvalue weighted by Crippen LogP contribution is 2.08. The molecule has 104 valence electrons. The van der Waals surface area contributed by atoms with Gasteiger partial charge in [0.2, 0.25) is 0 Å². The van der Waals surface area contributed by atoms with E-state index in [9.17, 15) is 4.79 Å². The fourth-order valence-electron chi connectivity index (χ4n) is 1.33. The predicted octanol–water partition coefficient (Wildman–Crippen LogP) is 1.05. The van der Waals surface area contributed by atoms with E-state index in [4.69, 9.17) is 10.9 Å². The predicted molar refractivity (Wildman–Crippen MR) is 76.7 cm³/mol. The van der Waals surface area contributed by atoms with E-state index in [1.165, 1.54) is 6.20 Å². The van der Waals surface area contributed by atoms with E-state index < -0.39 is 0 Å². The second-order valence-electron chi connectivity index (χ2n) is 4.01. The zero-order valence-corrected chi connectivity index (χ0v) is 11.8. The Morgan fingerprint density at radius 1 is 1.63 bits per heavy atom. The van der Waals surface area contributed by atoms with Gasteiger partial charge in [-0.3, -0.25) is 9.78 Å². The molecule has 1 amide bonds. The number of rotatable bonds is 6. The second kappa shape index (κ2) is 7.63. The van der Waals surface area contributed by atoms with Gasteiger partial charge in [0, 0.05) is 23.6 Å². The number of thioether (sulfide) groups is 1. The summed E-state index contributed by atoms with van der Waals surface area (Å²) in [6.45, 7) is 2.73. The fraction of sp³-hybridized carbons (Fsp3) is 0.417. The van der Waals surface area contributed by atoms with E-state index in [1.807, 2.05) is 6.26 Å². The van der Waals surface area contributed by atoms with Gasteiger partial charge in [0.05, 0.1) is 0 Å². The van der Waals surface area contributed by atoms with Gasteiger partial charge in [-0.1, -0.05) is 12.1 Å². The zero-order chi connectivity index (χ0) is 14.3. The van der Waals surface area contributed by atoms with Crippen LogP contribution < -0.4 is 11.1 Å². The van der Waals surface area contributed by atoms with Crippen LogP contribution in [-0.4, -0.2) is 40.0 Å². The number of oxime groups is 1. The molecule has 6 nitrogen and oxygen atoms in total. The Kier molecular flexibility index (Phi) is 6.14. The Morgan fingerprint density at radius 3 is 2.89 bits per heavy atom. The molecule has 1 atom stereocenters. The third-order valence-electron chi connectivity index (χ3n) is 2.64. The van der Waals surface area contributed by atoms with Crippen molar-refractivity contribution >= 4 is 23.5 Å². The molecule has 0 spiro atoms. The van der Waals surface area contributed by atoms with E-state index in [0.717, 1.165) is 6.42 Å². The molecule has 0 aromatic carbocycles. The normalized spacial score (nSPS) is 13.1. The smallest absolute Gasteiger partial charge is 0.269 e. The van der Waals surface area contributed by atoms with Gasteiger partial charge >= 0.3 is 0 Å². The van der Waals surface area contributed by atoms with Gasteiger partial charge in [0.25, 0.3) is 5.91 Å². The number of carbonyl (C=O) groups excluding carboxylic acids is 1. The molecule has 19 heavy (non-hydrogen) atoms. The van der Waals surface area contributed by atoms with Crippen LogP contribution in [-0.2, 0) is 0 Å². The monoisotopic (exact) mass is 282 g/mol. The molecule has 4 N–H and O–H groups in total. The first-order chi connectivity index (χ1) is 9.08. The number of nitrogens with one attached hydrogen (secondary N) is 1. The summed E-state index contributed by atoms with van der Waals surface area (Å²) in [5, 5.41) is 14.7. The summed E-state index contributed by atoms with van der Waals surface area (Å²) in [6.07, 6.45) is 4.35. The number of amides is 1. The Balaban J connectivity index is 2.54. The van der Waals surface area contributed by atoms with Crippen LogP contribution in [0, 0.1) is 0 Å². The van der Waals surface area contributed by atoms with Gasteiger partial charge in [0.1, 0.15) is 5.69 Å². The molecule has 0 radical (unpaired) electrons. The van der Waals surface area contributed by atoms with Gasteiger partial charge in [-0.15, -0.1) is 0 Å². The van der Waals surface area contributed by atoms with Crippen molar-refractivity contribution in [3.8, 4) is 0 Å². The fourth-order valence-corrected chi connectivity index (χ4v) is 1.69. The average Bonchev–Trinajstić information content (AvgIpc) is 2.46. The van der Waals surface area contributed by atoms with Crippen molar-refractivity contribution in [2.24, 2.45) is 10.9 Å². The number of pyridine rings is 1. The van der Waals surface area contributed by atoms with Crippen LogP contribution in [0.25, 0.3) is 0 Å². The highest BCUT2D eigenvalue weighted by molar-refractivity contribution is 7.99. The van der Waals surface area contributed by atoms with Crippen LogP contribution in [0.2, 0.25) is 0 Å². The van der Waals surface area contributed by atoms with Crippen LogP contribution in [0.3, 0.4) is 0 Å². The molecule has 0 bridgehead atoms. The molecule has 1 aromatic rings. The number of nitrogens with two attached hydrogens (primary N) is 1. The quantitative estimate of drug-likeness (QED) is 0.313.